The average Bonchev–Trinajstić information content (AvgIpc) is 2.44. The molecule has 0 radical (unpaired) electrons. The first kappa shape index (κ1) is 15.0. The van der Waals surface area contributed by atoms with Crippen molar-refractivity contribution in [2.75, 3.05) is 11.9 Å². The van der Waals surface area contributed by atoms with Crippen molar-refractivity contribution >= 4 is 17.5 Å². The zero-order valence-corrected chi connectivity index (χ0v) is 11.5. The largest absolute Gasteiger partial charge is 0.344 e. The number of para-hydroxylation sites is 1. The van der Waals surface area contributed by atoms with Crippen LogP contribution in [-0.4, -0.2) is 18.4 Å². The van der Waals surface area contributed by atoms with Crippen molar-refractivity contribution < 1.29 is 9.59 Å². The Kier molecular flexibility index (Phi) is 5.79. The third-order valence-electron chi connectivity index (χ3n) is 2.85. The fraction of sp³-hybridized carbons (Fsp3) is 0.333. The van der Waals surface area contributed by atoms with Crippen LogP contribution >= 0.6 is 0 Å². The molecular formula is C15H20N2O2. The summed E-state index contributed by atoms with van der Waals surface area (Å²) in [5.74, 6) is -1.29. The molecule has 0 saturated carbocycles. The first-order valence-corrected chi connectivity index (χ1v) is 6.44. The summed E-state index contributed by atoms with van der Waals surface area (Å²) in [4.78, 5) is 23.3. The molecule has 4 heteroatoms. The molecule has 1 aromatic rings. The molecule has 0 aromatic heterocycles. The molecule has 0 saturated heterocycles. The van der Waals surface area contributed by atoms with Crippen LogP contribution in [0.15, 0.2) is 30.9 Å². The van der Waals surface area contributed by atoms with Crippen LogP contribution in [0.3, 0.4) is 0 Å². The molecule has 0 atom stereocenters. The van der Waals surface area contributed by atoms with E-state index in [0.717, 1.165) is 29.7 Å². The Morgan fingerprint density at radius 2 is 1.74 bits per heavy atom. The number of hydrogen-bond donors (Lipinski definition) is 2. The summed E-state index contributed by atoms with van der Waals surface area (Å²) in [5.41, 5.74) is 2.82. The molecule has 0 heterocycles. The summed E-state index contributed by atoms with van der Waals surface area (Å²) in [6.07, 6.45) is 3.14. The van der Waals surface area contributed by atoms with Crippen LogP contribution < -0.4 is 10.6 Å². The third-order valence-corrected chi connectivity index (χ3v) is 2.85. The van der Waals surface area contributed by atoms with E-state index in [1.54, 1.807) is 0 Å². The van der Waals surface area contributed by atoms with E-state index in [1.807, 2.05) is 32.0 Å². The van der Waals surface area contributed by atoms with Crippen LogP contribution in [0, 0.1) is 0 Å². The molecule has 19 heavy (non-hydrogen) atoms. The Morgan fingerprint density at radius 3 is 2.21 bits per heavy atom. The summed E-state index contributed by atoms with van der Waals surface area (Å²) < 4.78 is 0. The van der Waals surface area contributed by atoms with Gasteiger partial charge in [-0.1, -0.05) is 38.1 Å². The number of hydrogen-bond acceptors (Lipinski definition) is 2. The number of nitrogens with one attached hydrogen (secondary N) is 2. The molecule has 4 nitrogen and oxygen atoms in total. The molecule has 0 aliphatic heterocycles. The Labute approximate surface area is 113 Å². The van der Waals surface area contributed by atoms with Gasteiger partial charge in [-0.05, 0) is 24.0 Å². The maximum atomic E-state index is 11.8. The molecule has 0 unspecified atom stereocenters. The lowest BCUT2D eigenvalue weighted by Crippen LogP contribution is -2.35. The SMILES string of the molecule is C=CCNC(=O)C(=O)Nc1c(CC)cccc1CC. The first-order valence-electron chi connectivity index (χ1n) is 6.44. The van der Waals surface area contributed by atoms with Gasteiger partial charge >= 0.3 is 11.8 Å². The Hall–Kier alpha value is -2.10. The van der Waals surface area contributed by atoms with Crippen LogP contribution in [0.25, 0.3) is 0 Å². The van der Waals surface area contributed by atoms with Gasteiger partial charge in [0.1, 0.15) is 0 Å². The summed E-state index contributed by atoms with van der Waals surface area (Å²) in [5, 5.41) is 5.16. The van der Waals surface area contributed by atoms with E-state index in [-0.39, 0.29) is 6.54 Å². The minimum absolute atomic E-state index is 0.280. The number of aryl methyl sites for hydroxylation is 2. The van der Waals surface area contributed by atoms with Crippen molar-refractivity contribution in [3.05, 3.63) is 42.0 Å². The van der Waals surface area contributed by atoms with Crippen molar-refractivity contribution in [2.24, 2.45) is 0 Å². The van der Waals surface area contributed by atoms with Gasteiger partial charge in [-0.25, -0.2) is 0 Å². The molecule has 0 aliphatic carbocycles. The van der Waals surface area contributed by atoms with Gasteiger partial charge in [-0.2, -0.15) is 0 Å². The minimum atomic E-state index is -0.646. The molecule has 2 N–H and O–H groups in total. The minimum Gasteiger partial charge on any atom is -0.344 e. The number of rotatable bonds is 5. The van der Waals surface area contributed by atoms with E-state index in [2.05, 4.69) is 17.2 Å². The van der Waals surface area contributed by atoms with Crippen LogP contribution in [0.5, 0.6) is 0 Å². The average molecular weight is 260 g/mol. The predicted octanol–water partition coefficient (Wildman–Crippen LogP) is 2.05. The standard InChI is InChI=1S/C15H20N2O2/c1-4-10-16-14(18)15(19)17-13-11(5-2)8-7-9-12(13)6-3/h4,7-9H,1,5-6,10H2,2-3H3,(H,16,18)(H,17,19). The fourth-order valence-corrected chi connectivity index (χ4v) is 1.82. The lowest BCUT2D eigenvalue weighted by molar-refractivity contribution is -0.136. The molecule has 1 aromatic carbocycles. The molecular weight excluding hydrogens is 240 g/mol. The fourth-order valence-electron chi connectivity index (χ4n) is 1.82. The molecule has 0 bridgehead atoms. The van der Waals surface area contributed by atoms with E-state index in [9.17, 15) is 9.59 Å². The van der Waals surface area contributed by atoms with Crippen LogP contribution in [0.4, 0.5) is 5.69 Å². The zero-order chi connectivity index (χ0) is 14.3. The topological polar surface area (TPSA) is 58.2 Å². The van der Waals surface area contributed by atoms with Gasteiger partial charge in [0.2, 0.25) is 0 Å². The molecule has 0 spiro atoms. The zero-order valence-electron chi connectivity index (χ0n) is 11.5. The summed E-state index contributed by atoms with van der Waals surface area (Å²) in [7, 11) is 0. The highest BCUT2D eigenvalue weighted by Gasteiger charge is 2.15. The first-order chi connectivity index (χ1) is 9.13. The van der Waals surface area contributed by atoms with E-state index in [1.165, 1.54) is 6.08 Å². The highest BCUT2D eigenvalue weighted by atomic mass is 16.2. The van der Waals surface area contributed by atoms with Crippen LogP contribution in [-0.2, 0) is 22.4 Å². The number of amides is 2. The number of carbonyl (C=O) groups excluding carboxylic acids is 2. The third kappa shape index (κ3) is 3.95. The molecule has 2 amide bonds. The van der Waals surface area contributed by atoms with Crippen LogP contribution in [0.2, 0.25) is 0 Å². The van der Waals surface area contributed by atoms with Gasteiger partial charge in [0, 0.05) is 12.2 Å². The number of anilines is 1. The summed E-state index contributed by atoms with van der Waals surface area (Å²) >= 11 is 0. The maximum absolute atomic E-state index is 11.8. The number of benzene rings is 1. The van der Waals surface area contributed by atoms with E-state index < -0.39 is 11.8 Å². The van der Waals surface area contributed by atoms with Crippen molar-refractivity contribution in [3.63, 3.8) is 0 Å². The van der Waals surface area contributed by atoms with E-state index in [0.29, 0.717) is 0 Å². The van der Waals surface area contributed by atoms with Gasteiger partial charge in [0.05, 0.1) is 0 Å². The van der Waals surface area contributed by atoms with Gasteiger partial charge < -0.3 is 10.6 Å². The van der Waals surface area contributed by atoms with Gasteiger partial charge in [-0.3, -0.25) is 9.59 Å². The molecule has 0 aliphatic rings. The van der Waals surface area contributed by atoms with Crippen molar-refractivity contribution in [1.29, 1.82) is 0 Å². The Balaban J connectivity index is 2.89. The lowest BCUT2D eigenvalue weighted by Gasteiger charge is -2.14. The second-order valence-corrected chi connectivity index (χ2v) is 4.11. The normalized spacial score (nSPS) is 9.79. The van der Waals surface area contributed by atoms with Gasteiger partial charge in [0.25, 0.3) is 0 Å². The van der Waals surface area contributed by atoms with Crippen molar-refractivity contribution in [3.8, 4) is 0 Å². The monoisotopic (exact) mass is 260 g/mol. The van der Waals surface area contributed by atoms with Crippen LogP contribution in [0.1, 0.15) is 25.0 Å². The Morgan fingerprint density at radius 1 is 1.16 bits per heavy atom. The lowest BCUT2D eigenvalue weighted by atomic mass is 10.0. The van der Waals surface area contributed by atoms with Crippen molar-refractivity contribution in [2.45, 2.75) is 26.7 Å². The quantitative estimate of drug-likeness (QED) is 0.629. The molecule has 102 valence electrons. The van der Waals surface area contributed by atoms with Gasteiger partial charge in [0.15, 0.2) is 0 Å². The predicted molar refractivity (Wildman–Crippen MR) is 77.0 cm³/mol. The second kappa shape index (κ2) is 7.36. The second-order valence-electron chi connectivity index (χ2n) is 4.11. The molecule has 1 rings (SSSR count). The highest BCUT2D eigenvalue weighted by molar-refractivity contribution is 6.39. The number of carbonyl (C=O) groups is 2. The smallest absolute Gasteiger partial charge is 0.313 e. The maximum Gasteiger partial charge on any atom is 0.313 e. The highest BCUT2D eigenvalue weighted by Crippen LogP contribution is 2.22. The molecule has 0 fully saturated rings. The summed E-state index contributed by atoms with van der Waals surface area (Å²) in [6, 6.07) is 5.87. The van der Waals surface area contributed by atoms with E-state index in [4.69, 9.17) is 0 Å². The van der Waals surface area contributed by atoms with Crippen molar-refractivity contribution in [1.82, 2.24) is 5.32 Å². The van der Waals surface area contributed by atoms with E-state index >= 15 is 0 Å². The summed E-state index contributed by atoms with van der Waals surface area (Å²) in [6.45, 7) is 7.80. The Bertz CT molecular complexity index is 459. The van der Waals surface area contributed by atoms with Gasteiger partial charge in [-0.15, -0.1) is 6.58 Å².